The van der Waals surface area contributed by atoms with Gasteiger partial charge in [-0.25, -0.2) is 0 Å². The third-order valence-electron chi connectivity index (χ3n) is 3.04. The summed E-state index contributed by atoms with van der Waals surface area (Å²) in [4.78, 5) is 4.08. The summed E-state index contributed by atoms with van der Waals surface area (Å²) in [6.45, 7) is 0. The van der Waals surface area contributed by atoms with Gasteiger partial charge >= 0.3 is 0 Å². The predicted octanol–water partition coefficient (Wildman–Crippen LogP) is 2.64. The number of aromatic nitrogens is 1. The highest BCUT2D eigenvalue weighted by Gasteiger charge is 2.27. The van der Waals surface area contributed by atoms with Crippen LogP contribution in [0.2, 0.25) is 0 Å². The van der Waals surface area contributed by atoms with Gasteiger partial charge in [-0.1, -0.05) is 24.3 Å². The van der Waals surface area contributed by atoms with Crippen LogP contribution in [0.1, 0.15) is 29.8 Å². The molecule has 0 radical (unpaired) electrons. The molecule has 0 saturated heterocycles. The summed E-state index contributed by atoms with van der Waals surface area (Å²) in [5, 5.41) is 10.1. The molecule has 1 aromatic carbocycles. The van der Waals surface area contributed by atoms with Crippen LogP contribution in [0, 0.1) is 0 Å². The maximum Gasteiger partial charge on any atom is 0.128 e. The fourth-order valence-corrected chi connectivity index (χ4v) is 2.16. The van der Waals surface area contributed by atoms with Gasteiger partial charge in [0.25, 0.3) is 0 Å². The van der Waals surface area contributed by atoms with Gasteiger partial charge in [-0.05, 0) is 12.1 Å². The monoisotopic (exact) mass is 227 g/mol. The van der Waals surface area contributed by atoms with Crippen molar-refractivity contribution in [1.29, 1.82) is 0 Å². The van der Waals surface area contributed by atoms with Crippen molar-refractivity contribution in [1.82, 2.24) is 4.98 Å². The van der Waals surface area contributed by atoms with Crippen LogP contribution in [0.25, 0.3) is 0 Å². The molecular formula is C14H13NO2. The molecule has 0 aliphatic carbocycles. The Bertz CT molecular complexity index is 513. The fourth-order valence-electron chi connectivity index (χ4n) is 2.16. The highest BCUT2D eigenvalue weighted by molar-refractivity contribution is 5.38. The molecule has 0 amide bonds. The molecule has 2 heterocycles. The Hall–Kier alpha value is -1.87. The van der Waals surface area contributed by atoms with Crippen LogP contribution in [0.15, 0.2) is 48.8 Å². The van der Waals surface area contributed by atoms with Gasteiger partial charge in [-0.15, -0.1) is 0 Å². The maximum absolute atomic E-state index is 10.1. The van der Waals surface area contributed by atoms with Crippen molar-refractivity contribution < 1.29 is 9.84 Å². The molecule has 0 bridgehead atoms. The fraction of sp³-hybridized carbons (Fsp3) is 0.214. The van der Waals surface area contributed by atoms with E-state index in [1.54, 1.807) is 12.4 Å². The number of ether oxygens (including phenoxy) is 1. The van der Waals surface area contributed by atoms with Crippen molar-refractivity contribution in [3.05, 3.63) is 59.9 Å². The van der Waals surface area contributed by atoms with Crippen LogP contribution in [-0.4, -0.2) is 10.1 Å². The van der Waals surface area contributed by atoms with E-state index in [-0.39, 0.29) is 6.10 Å². The lowest BCUT2D eigenvalue weighted by atomic mass is 9.96. The molecule has 86 valence electrons. The van der Waals surface area contributed by atoms with Crippen LogP contribution >= 0.6 is 0 Å². The van der Waals surface area contributed by atoms with Crippen LogP contribution in [0.3, 0.4) is 0 Å². The summed E-state index contributed by atoms with van der Waals surface area (Å²) in [5.41, 5.74) is 1.87. The summed E-state index contributed by atoms with van der Waals surface area (Å²) in [7, 11) is 0. The summed E-state index contributed by atoms with van der Waals surface area (Å²) in [5.74, 6) is 0.764. The van der Waals surface area contributed by atoms with Crippen molar-refractivity contribution in [2.45, 2.75) is 18.6 Å². The highest BCUT2D eigenvalue weighted by atomic mass is 16.5. The van der Waals surface area contributed by atoms with Crippen molar-refractivity contribution in [3.8, 4) is 5.75 Å². The van der Waals surface area contributed by atoms with Crippen molar-refractivity contribution in [2.75, 3.05) is 0 Å². The smallest absolute Gasteiger partial charge is 0.128 e. The summed E-state index contributed by atoms with van der Waals surface area (Å²) in [6, 6.07) is 11.5. The third-order valence-corrected chi connectivity index (χ3v) is 3.04. The van der Waals surface area contributed by atoms with E-state index in [2.05, 4.69) is 4.98 Å². The van der Waals surface area contributed by atoms with Gasteiger partial charge in [-0.2, -0.15) is 0 Å². The van der Waals surface area contributed by atoms with E-state index >= 15 is 0 Å². The zero-order valence-electron chi connectivity index (χ0n) is 9.28. The molecule has 2 atom stereocenters. The average molecular weight is 227 g/mol. The average Bonchev–Trinajstić information content (AvgIpc) is 2.40. The van der Waals surface area contributed by atoms with Crippen LogP contribution in [0.4, 0.5) is 0 Å². The van der Waals surface area contributed by atoms with Gasteiger partial charge in [0.05, 0.1) is 6.10 Å². The van der Waals surface area contributed by atoms with Gasteiger partial charge < -0.3 is 9.84 Å². The Labute approximate surface area is 99.7 Å². The molecule has 1 N–H and O–H groups in total. The number of hydrogen-bond acceptors (Lipinski definition) is 3. The van der Waals surface area contributed by atoms with Crippen LogP contribution < -0.4 is 4.74 Å². The number of benzene rings is 1. The van der Waals surface area contributed by atoms with Crippen molar-refractivity contribution in [2.24, 2.45) is 0 Å². The van der Waals surface area contributed by atoms with Gasteiger partial charge in [0.1, 0.15) is 11.9 Å². The van der Waals surface area contributed by atoms with E-state index < -0.39 is 6.10 Å². The minimum absolute atomic E-state index is 0.117. The molecule has 2 aromatic rings. The van der Waals surface area contributed by atoms with Gasteiger partial charge in [0.15, 0.2) is 0 Å². The molecule has 0 spiro atoms. The normalized spacial score (nSPS) is 22.6. The van der Waals surface area contributed by atoms with Crippen LogP contribution in [-0.2, 0) is 0 Å². The molecule has 3 rings (SSSR count). The number of aliphatic hydroxyl groups is 1. The van der Waals surface area contributed by atoms with Crippen LogP contribution in [0.5, 0.6) is 5.75 Å². The van der Waals surface area contributed by atoms with E-state index in [0.29, 0.717) is 6.42 Å². The summed E-state index contributed by atoms with van der Waals surface area (Å²) in [6.07, 6.45) is 3.50. The lowest BCUT2D eigenvalue weighted by molar-refractivity contribution is 0.0656. The molecule has 3 heteroatoms. The first-order chi connectivity index (χ1) is 8.34. The number of pyridine rings is 1. The van der Waals surface area contributed by atoms with Gasteiger partial charge in [0.2, 0.25) is 0 Å². The highest BCUT2D eigenvalue weighted by Crippen LogP contribution is 2.40. The van der Waals surface area contributed by atoms with E-state index in [9.17, 15) is 5.11 Å². The molecule has 0 saturated carbocycles. The molecule has 1 aromatic heterocycles. The second-order valence-corrected chi connectivity index (χ2v) is 4.18. The molecule has 1 aliphatic rings. The SMILES string of the molecule is OC1CC(c2cccnc2)Oc2ccccc21. The lowest BCUT2D eigenvalue weighted by Gasteiger charge is -2.29. The minimum atomic E-state index is -0.467. The predicted molar refractivity (Wildman–Crippen MR) is 63.6 cm³/mol. The van der Waals surface area contributed by atoms with E-state index in [0.717, 1.165) is 16.9 Å². The maximum atomic E-state index is 10.1. The molecule has 17 heavy (non-hydrogen) atoms. The minimum Gasteiger partial charge on any atom is -0.485 e. The van der Waals surface area contributed by atoms with E-state index in [1.165, 1.54) is 0 Å². The second kappa shape index (κ2) is 4.18. The Morgan fingerprint density at radius 3 is 2.88 bits per heavy atom. The molecule has 2 unspecified atom stereocenters. The first-order valence-corrected chi connectivity index (χ1v) is 5.68. The first kappa shape index (κ1) is 10.3. The summed E-state index contributed by atoms with van der Waals surface area (Å²) < 4.78 is 5.89. The number of aliphatic hydroxyl groups excluding tert-OH is 1. The first-order valence-electron chi connectivity index (χ1n) is 5.68. The number of rotatable bonds is 1. The number of fused-ring (bicyclic) bond motifs is 1. The van der Waals surface area contributed by atoms with Crippen molar-refractivity contribution in [3.63, 3.8) is 0 Å². The third kappa shape index (κ3) is 1.89. The van der Waals surface area contributed by atoms with Crippen molar-refractivity contribution >= 4 is 0 Å². The zero-order chi connectivity index (χ0) is 11.7. The molecular weight excluding hydrogens is 214 g/mol. The Morgan fingerprint density at radius 2 is 2.06 bits per heavy atom. The number of para-hydroxylation sites is 1. The standard InChI is InChI=1S/C14H13NO2/c16-12-8-14(10-4-3-7-15-9-10)17-13-6-2-1-5-11(12)13/h1-7,9,12,14,16H,8H2. The largest absolute Gasteiger partial charge is 0.485 e. The van der Waals surface area contributed by atoms with E-state index in [1.807, 2.05) is 36.4 Å². The zero-order valence-corrected chi connectivity index (χ0v) is 9.28. The quantitative estimate of drug-likeness (QED) is 0.814. The van der Waals surface area contributed by atoms with E-state index in [4.69, 9.17) is 4.74 Å². The topological polar surface area (TPSA) is 42.4 Å². The Balaban J connectivity index is 1.94. The second-order valence-electron chi connectivity index (χ2n) is 4.18. The Kier molecular flexibility index (Phi) is 2.53. The molecule has 3 nitrogen and oxygen atoms in total. The Morgan fingerprint density at radius 1 is 1.18 bits per heavy atom. The van der Waals surface area contributed by atoms with Gasteiger partial charge in [-0.3, -0.25) is 4.98 Å². The molecule has 0 fully saturated rings. The lowest BCUT2D eigenvalue weighted by Crippen LogP contribution is -2.18. The van der Waals surface area contributed by atoms with Gasteiger partial charge in [0, 0.05) is 29.9 Å². The number of nitrogens with zero attached hydrogens (tertiary/aromatic N) is 1. The number of hydrogen-bond donors (Lipinski definition) is 1. The molecule has 1 aliphatic heterocycles. The summed E-state index contributed by atoms with van der Waals surface area (Å²) >= 11 is 0.